The zero-order valence-corrected chi connectivity index (χ0v) is 18.7. The molecule has 0 spiro atoms. The molecule has 0 radical (unpaired) electrons. The van der Waals surface area contributed by atoms with Crippen molar-refractivity contribution < 1.29 is 19.0 Å². The monoisotopic (exact) mass is 430 g/mol. The Labute approximate surface area is 182 Å². The van der Waals surface area contributed by atoms with Gasteiger partial charge in [0.1, 0.15) is 5.75 Å². The molecule has 1 heterocycles. The van der Waals surface area contributed by atoms with Crippen molar-refractivity contribution in [1.29, 1.82) is 0 Å². The smallest absolute Gasteiger partial charge is 0.317 e. The Bertz CT molecular complexity index is 820. The van der Waals surface area contributed by atoms with E-state index in [0.29, 0.717) is 24.0 Å². The molecule has 7 heteroatoms. The molecule has 0 aromatic heterocycles. The first-order valence-corrected chi connectivity index (χ1v) is 11.1. The van der Waals surface area contributed by atoms with Crippen LogP contribution in [-0.2, 0) is 6.54 Å². The van der Waals surface area contributed by atoms with Crippen molar-refractivity contribution in [3.8, 4) is 17.2 Å². The normalized spacial score (nSPS) is 14.3. The SMILES string of the molecule is COc1ccc(SCC2CCN(C(=O)NCc3ccc(OC)c(OC)c3)CC2)cc1. The fraction of sp³-hybridized carbons (Fsp3) is 0.435. The minimum atomic E-state index is -0.00829. The molecule has 1 saturated heterocycles. The number of hydrogen-bond donors (Lipinski definition) is 1. The number of carbonyl (C=O) groups is 1. The maximum absolute atomic E-state index is 12.5. The molecule has 2 aromatic rings. The number of amides is 2. The number of methoxy groups -OCH3 is 3. The van der Waals surface area contributed by atoms with E-state index in [9.17, 15) is 4.79 Å². The average molecular weight is 431 g/mol. The van der Waals surface area contributed by atoms with Gasteiger partial charge in [0.15, 0.2) is 11.5 Å². The number of rotatable bonds is 8. The van der Waals surface area contributed by atoms with E-state index in [4.69, 9.17) is 14.2 Å². The van der Waals surface area contributed by atoms with Crippen molar-refractivity contribution >= 4 is 17.8 Å². The first-order chi connectivity index (χ1) is 14.6. The van der Waals surface area contributed by atoms with Crippen LogP contribution in [0.2, 0.25) is 0 Å². The van der Waals surface area contributed by atoms with Gasteiger partial charge in [-0.15, -0.1) is 11.8 Å². The molecule has 3 rings (SSSR count). The Morgan fingerprint density at radius 2 is 1.70 bits per heavy atom. The second kappa shape index (κ2) is 11.0. The van der Waals surface area contributed by atoms with Crippen LogP contribution < -0.4 is 19.5 Å². The number of hydrogen-bond acceptors (Lipinski definition) is 5. The van der Waals surface area contributed by atoms with Crippen LogP contribution in [0.3, 0.4) is 0 Å². The van der Waals surface area contributed by atoms with E-state index in [1.807, 2.05) is 47.0 Å². The van der Waals surface area contributed by atoms with Crippen molar-refractivity contribution in [3.63, 3.8) is 0 Å². The van der Waals surface area contributed by atoms with Crippen molar-refractivity contribution in [3.05, 3.63) is 48.0 Å². The predicted molar refractivity (Wildman–Crippen MR) is 120 cm³/mol. The van der Waals surface area contributed by atoms with Gasteiger partial charge in [0.25, 0.3) is 0 Å². The van der Waals surface area contributed by atoms with Crippen LogP contribution in [0, 0.1) is 5.92 Å². The zero-order chi connectivity index (χ0) is 21.3. The van der Waals surface area contributed by atoms with Crippen LogP contribution in [0.1, 0.15) is 18.4 Å². The van der Waals surface area contributed by atoms with E-state index in [-0.39, 0.29) is 6.03 Å². The minimum Gasteiger partial charge on any atom is -0.497 e. The van der Waals surface area contributed by atoms with E-state index >= 15 is 0 Å². The maximum atomic E-state index is 12.5. The molecule has 2 amide bonds. The summed E-state index contributed by atoms with van der Waals surface area (Å²) in [6.45, 7) is 2.06. The number of benzene rings is 2. The summed E-state index contributed by atoms with van der Waals surface area (Å²) in [5, 5.41) is 3.01. The highest BCUT2D eigenvalue weighted by Crippen LogP contribution is 2.29. The summed E-state index contributed by atoms with van der Waals surface area (Å²) in [5.41, 5.74) is 0.978. The van der Waals surface area contributed by atoms with Crippen molar-refractivity contribution in [1.82, 2.24) is 10.2 Å². The molecule has 1 N–H and O–H groups in total. The highest BCUT2D eigenvalue weighted by Gasteiger charge is 2.22. The minimum absolute atomic E-state index is 0.00829. The Morgan fingerprint density at radius 3 is 2.33 bits per heavy atom. The largest absolute Gasteiger partial charge is 0.497 e. The third kappa shape index (κ3) is 5.98. The molecule has 0 atom stereocenters. The standard InChI is InChI=1S/C23H30N2O4S/c1-27-19-5-7-20(8-6-19)30-16-17-10-12-25(13-11-17)23(26)24-15-18-4-9-21(28-2)22(14-18)29-3/h4-9,14,17H,10-13,15-16H2,1-3H3,(H,24,26). The van der Waals surface area contributed by atoms with Gasteiger partial charge in [-0.05, 0) is 60.7 Å². The molecular weight excluding hydrogens is 400 g/mol. The summed E-state index contributed by atoms with van der Waals surface area (Å²) >= 11 is 1.87. The highest BCUT2D eigenvalue weighted by atomic mass is 32.2. The first-order valence-electron chi connectivity index (χ1n) is 10.1. The van der Waals surface area contributed by atoms with Gasteiger partial charge >= 0.3 is 6.03 Å². The number of carbonyl (C=O) groups excluding carboxylic acids is 1. The van der Waals surface area contributed by atoms with Gasteiger partial charge in [-0.1, -0.05) is 6.07 Å². The lowest BCUT2D eigenvalue weighted by Gasteiger charge is -2.32. The van der Waals surface area contributed by atoms with Gasteiger partial charge in [-0.2, -0.15) is 0 Å². The maximum Gasteiger partial charge on any atom is 0.317 e. The van der Waals surface area contributed by atoms with Crippen molar-refractivity contribution in [2.75, 3.05) is 40.2 Å². The van der Waals surface area contributed by atoms with Gasteiger partial charge in [0, 0.05) is 30.3 Å². The third-order valence-corrected chi connectivity index (χ3v) is 6.58. The summed E-state index contributed by atoms with van der Waals surface area (Å²) in [6, 6.07) is 13.9. The van der Waals surface area contributed by atoms with E-state index < -0.39 is 0 Å². The molecular formula is C23H30N2O4S. The molecule has 1 fully saturated rings. The second-order valence-electron chi connectivity index (χ2n) is 7.26. The van der Waals surface area contributed by atoms with Crippen molar-refractivity contribution in [2.45, 2.75) is 24.3 Å². The molecule has 0 unspecified atom stereocenters. The molecule has 6 nitrogen and oxygen atoms in total. The summed E-state index contributed by atoms with van der Waals surface area (Å²) in [6.07, 6.45) is 2.07. The Morgan fingerprint density at radius 1 is 1.00 bits per heavy atom. The van der Waals surface area contributed by atoms with Crippen LogP contribution in [-0.4, -0.2) is 51.1 Å². The molecule has 30 heavy (non-hydrogen) atoms. The number of nitrogens with zero attached hydrogens (tertiary/aromatic N) is 1. The average Bonchev–Trinajstić information content (AvgIpc) is 2.81. The number of nitrogens with one attached hydrogen (secondary N) is 1. The molecule has 2 aromatic carbocycles. The zero-order valence-electron chi connectivity index (χ0n) is 17.8. The van der Waals surface area contributed by atoms with E-state index in [2.05, 4.69) is 17.4 Å². The molecule has 1 aliphatic rings. The Balaban J connectivity index is 1.40. The van der Waals surface area contributed by atoms with Crippen LogP contribution in [0.15, 0.2) is 47.4 Å². The highest BCUT2D eigenvalue weighted by molar-refractivity contribution is 7.99. The van der Waals surface area contributed by atoms with Crippen LogP contribution in [0.25, 0.3) is 0 Å². The Kier molecular flexibility index (Phi) is 8.13. The van der Waals surface area contributed by atoms with Gasteiger partial charge in [0.2, 0.25) is 0 Å². The summed E-state index contributed by atoms with van der Waals surface area (Å²) < 4.78 is 15.8. The predicted octanol–water partition coefficient (Wildman–Crippen LogP) is 4.43. The first kappa shape index (κ1) is 22.2. The second-order valence-corrected chi connectivity index (χ2v) is 8.36. The fourth-order valence-electron chi connectivity index (χ4n) is 3.47. The van der Waals surface area contributed by atoms with E-state index in [1.165, 1.54) is 4.90 Å². The summed E-state index contributed by atoms with van der Waals surface area (Å²) in [7, 11) is 4.90. The number of piperidine rings is 1. The molecule has 162 valence electrons. The van der Waals surface area contributed by atoms with Gasteiger partial charge < -0.3 is 24.4 Å². The molecule has 1 aliphatic heterocycles. The summed E-state index contributed by atoms with van der Waals surface area (Å²) in [5.74, 6) is 3.94. The number of thioether (sulfide) groups is 1. The van der Waals surface area contributed by atoms with Crippen molar-refractivity contribution in [2.24, 2.45) is 5.92 Å². The number of urea groups is 1. The number of likely N-dealkylation sites (tertiary alicyclic amines) is 1. The molecule has 0 saturated carbocycles. The molecule has 0 aliphatic carbocycles. The fourth-order valence-corrected chi connectivity index (χ4v) is 4.56. The quantitative estimate of drug-likeness (QED) is 0.628. The van der Waals surface area contributed by atoms with Gasteiger partial charge in [-0.3, -0.25) is 0 Å². The van der Waals surface area contributed by atoms with E-state index in [1.54, 1.807) is 21.3 Å². The number of ether oxygens (including phenoxy) is 3. The third-order valence-electron chi connectivity index (χ3n) is 5.34. The van der Waals surface area contributed by atoms with Crippen LogP contribution in [0.5, 0.6) is 17.2 Å². The lowest BCUT2D eigenvalue weighted by molar-refractivity contribution is 0.174. The lowest BCUT2D eigenvalue weighted by Crippen LogP contribution is -2.44. The molecule has 0 bridgehead atoms. The summed E-state index contributed by atoms with van der Waals surface area (Å²) in [4.78, 5) is 15.7. The van der Waals surface area contributed by atoms with Crippen LogP contribution >= 0.6 is 11.8 Å². The van der Waals surface area contributed by atoms with Crippen LogP contribution in [0.4, 0.5) is 4.79 Å². The Hall–Kier alpha value is -2.54. The van der Waals surface area contributed by atoms with E-state index in [0.717, 1.165) is 43.0 Å². The lowest BCUT2D eigenvalue weighted by atomic mass is 9.99. The topological polar surface area (TPSA) is 60.0 Å². The van der Waals surface area contributed by atoms with Gasteiger partial charge in [0.05, 0.1) is 21.3 Å². The van der Waals surface area contributed by atoms with Gasteiger partial charge in [-0.25, -0.2) is 4.79 Å².